The Balaban J connectivity index is 1.39. The van der Waals surface area contributed by atoms with E-state index < -0.39 is 8.32 Å². The minimum Gasteiger partial charge on any atom is -0.411 e. The van der Waals surface area contributed by atoms with Crippen LogP contribution in [0.25, 0.3) is 0 Å². The molecule has 35 heavy (non-hydrogen) atoms. The summed E-state index contributed by atoms with van der Waals surface area (Å²) < 4.78 is 6.99. The van der Waals surface area contributed by atoms with Crippen molar-refractivity contribution in [1.29, 1.82) is 0 Å². The predicted molar refractivity (Wildman–Crippen MR) is 155 cm³/mol. The first-order valence-electron chi connectivity index (χ1n) is 16.2. The maximum Gasteiger partial charge on any atom is 0.192 e. The summed E-state index contributed by atoms with van der Waals surface area (Å²) >= 11 is 0. The number of hydrogen-bond donors (Lipinski definition) is 0. The van der Waals surface area contributed by atoms with Crippen LogP contribution in [-0.2, 0) is 4.43 Å². The molecule has 0 unspecified atom stereocenters. The topological polar surface area (TPSA) is 9.23 Å². The molecular formula is C33H60OSi. The van der Waals surface area contributed by atoms with E-state index in [2.05, 4.69) is 47.6 Å². The fraction of sp³-hybridized carbons (Fsp3) is 0.939. The molecule has 7 atom stereocenters. The molecule has 0 aliphatic heterocycles. The van der Waals surface area contributed by atoms with Crippen LogP contribution in [0.4, 0.5) is 0 Å². The van der Waals surface area contributed by atoms with Crippen LogP contribution in [0.1, 0.15) is 138 Å². The number of hydrogen-bond acceptors (Lipinski definition) is 1. The van der Waals surface area contributed by atoms with E-state index in [1.54, 1.807) is 0 Å². The third kappa shape index (κ3) is 5.41. The average molecular weight is 501 g/mol. The molecule has 0 spiro atoms. The number of unbranched alkanes of at least 4 members (excludes halogenated alkanes) is 5. The van der Waals surface area contributed by atoms with Crippen LogP contribution in [0.5, 0.6) is 0 Å². The quantitative estimate of drug-likeness (QED) is 0.147. The van der Waals surface area contributed by atoms with Gasteiger partial charge in [-0.3, -0.25) is 0 Å². The van der Waals surface area contributed by atoms with E-state index in [1.807, 2.05) is 5.57 Å². The first-order valence-corrected chi connectivity index (χ1v) is 18.8. The largest absolute Gasteiger partial charge is 0.411 e. The Morgan fingerprint density at radius 2 is 1.51 bits per heavy atom. The monoisotopic (exact) mass is 500 g/mol. The Kier molecular flexibility index (Phi) is 9.38. The summed E-state index contributed by atoms with van der Waals surface area (Å²) in [6.07, 6.45) is 24.9. The van der Waals surface area contributed by atoms with E-state index in [9.17, 15) is 0 Å². The second-order valence-electron chi connectivity index (χ2n) is 13.8. The van der Waals surface area contributed by atoms with Crippen molar-refractivity contribution < 1.29 is 4.43 Å². The second-order valence-corrected chi connectivity index (χ2v) is 18.6. The van der Waals surface area contributed by atoms with Gasteiger partial charge in [0.2, 0.25) is 0 Å². The van der Waals surface area contributed by atoms with Gasteiger partial charge in [-0.2, -0.15) is 0 Å². The van der Waals surface area contributed by atoms with Crippen molar-refractivity contribution in [3.8, 4) is 0 Å². The van der Waals surface area contributed by atoms with Gasteiger partial charge < -0.3 is 4.43 Å². The molecule has 0 aromatic carbocycles. The highest BCUT2D eigenvalue weighted by molar-refractivity contribution is 6.73. The van der Waals surface area contributed by atoms with E-state index in [1.165, 1.54) is 114 Å². The Hall–Kier alpha value is -0.0831. The molecule has 1 nitrogen and oxygen atoms in total. The van der Waals surface area contributed by atoms with Gasteiger partial charge >= 0.3 is 0 Å². The summed E-state index contributed by atoms with van der Waals surface area (Å²) in [6.45, 7) is 14.9. The zero-order valence-electron chi connectivity index (χ0n) is 24.6. The van der Waals surface area contributed by atoms with Crippen molar-refractivity contribution in [2.24, 2.45) is 34.5 Å². The van der Waals surface area contributed by atoms with Gasteiger partial charge in [0.05, 0.1) is 6.10 Å². The van der Waals surface area contributed by atoms with Gasteiger partial charge in [0.25, 0.3) is 0 Å². The van der Waals surface area contributed by atoms with Gasteiger partial charge in [0.15, 0.2) is 8.32 Å². The Morgan fingerprint density at radius 1 is 0.800 bits per heavy atom. The normalized spacial score (nSPS) is 39.0. The molecule has 0 heterocycles. The first kappa shape index (κ1) is 27.9. The highest BCUT2D eigenvalue weighted by Crippen LogP contribution is 2.67. The van der Waals surface area contributed by atoms with E-state index >= 15 is 0 Å². The minimum absolute atomic E-state index is 0.420. The second kappa shape index (κ2) is 11.8. The molecule has 3 saturated carbocycles. The van der Waals surface area contributed by atoms with Crippen molar-refractivity contribution in [3.63, 3.8) is 0 Å². The third-order valence-corrected chi connectivity index (χ3v) is 17.2. The van der Waals surface area contributed by atoms with Crippen LogP contribution in [0, 0.1) is 34.5 Å². The van der Waals surface area contributed by atoms with Gasteiger partial charge in [-0.25, -0.2) is 0 Å². The van der Waals surface area contributed by atoms with Crippen molar-refractivity contribution in [3.05, 3.63) is 11.6 Å². The summed E-state index contributed by atoms with van der Waals surface area (Å²) in [5, 5.41) is 0. The molecule has 3 fully saturated rings. The molecule has 0 N–H and O–H groups in total. The summed E-state index contributed by atoms with van der Waals surface area (Å²) in [7, 11) is -1.52. The molecule has 0 saturated heterocycles. The maximum atomic E-state index is 6.99. The predicted octanol–water partition coefficient (Wildman–Crippen LogP) is 10.7. The number of fused-ring (bicyclic) bond motifs is 5. The molecular weight excluding hydrogens is 440 g/mol. The van der Waals surface area contributed by atoms with E-state index in [-0.39, 0.29) is 0 Å². The van der Waals surface area contributed by atoms with Crippen LogP contribution in [0.3, 0.4) is 0 Å². The lowest BCUT2D eigenvalue weighted by atomic mass is 9.46. The molecule has 0 aromatic rings. The van der Waals surface area contributed by atoms with Crippen LogP contribution < -0.4 is 0 Å². The maximum absolute atomic E-state index is 6.99. The lowest BCUT2D eigenvalue weighted by Crippen LogP contribution is -2.51. The molecule has 202 valence electrons. The van der Waals surface area contributed by atoms with Gasteiger partial charge in [-0.1, -0.05) is 91.7 Å². The van der Waals surface area contributed by atoms with Crippen LogP contribution >= 0.6 is 0 Å². The molecule has 4 rings (SSSR count). The minimum atomic E-state index is -1.52. The van der Waals surface area contributed by atoms with Crippen molar-refractivity contribution in [2.75, 3.05) is 0 Å². The molecule has 4 aliphatic rings. The summed E-state index contributed by atoms with van der Waals surface area (Å²) in [5.41, 5.74) is 2.93. The summed E-state index contributed by atoms with van der Waals surface area (Å²) in [5.74, 6) is 3.97. The zero-order valence-corrected chi connectivity index (χ0v) is 25.6. The van der Waals surface area contributed by atoms with Crippen molar-refractivity contribution >= 4 is 8.32 Å². The fourth-order valence-corrected chi connectivity index (χ4v) is 12.7. The van der Waals surface area contributed by atoms with E-state index in [0.717, 1.165) is 23.7 Å². The SMILES string of the molecule is CCCCCCCC[C@H]1CC[C@H]2[C@@H]3CCC4=C[C@@H](O[Si](CC)(CC)CC)CC[C@]4(C)[C@H]3CC[C@]12C. The lowest BCUT2D eigenvalue weighted by molar-refractivity contribution is -0.0558. The Morgan fingerprint density at radius 3 is 2.23 bits per heavy atom. The number of allylic oxidation sites excluding steroid dienone is 1. The third-order valence-electron chi connectivity index (χ3n) is 12.5. The lowest BCUT2D eigenvalue weighted by Gasteiger charge is -2.59. The summed E-state index contributed by atoms with van der Waals surface area (Å²) in [4.78, 5) is 0. The first-order chi connectivity index (χ1) is 16.9. The molecule has 0 bridgehead atoms. The van der Waals surface area contributed by atoms with Crippen LogP contribution in [0.15, 0.2) is 11.6 Å². The van der Waals surface area contributed by atoms with Crippen LogP contribution in [-0.4, -0.2) is 14.4 Å². The molecule has 0 radical (unpaired) electrons. The highest BCUT2D eigenvalue weighted by atomic mass is 28.4. The highest BCUT2D eigenvalue weighted by Gasteiger charge is 2.58. The smallest absolute Gasteiger partial charge is 0.192 e. The van der Waals surface area contributed by atoms with Gasteiger partial charge in [-0.05, 0) is 110 Å². The van der Waals surface area contributed by atoms with Crippen molar-refractivity contribution in [2.45, 2.75) is 162 Å². The average Bonchev–Trinajstić information content (AvgIpc) is 3.21. The van der Waals surface area contributed by atoms with Crippen molar-refractivity contribution in [1.82, 2.24) is 0 Å². The number of rotatable bonds is 12. The van der Waals surface area contributed by atoms with Gasteiger partial charge in [-0.15, -0.1) is 0 Å². The fourth-order valence-electron chi connectivity index (χ4n) is 9.86. The van der Waals surface area contributed by atoms with E-state index in [4.69, 9.17) is 4.43 Å². The standard InChI is InChI=1S/C33H60OSi/c1-7-11-12-13-14-15-16-26-18-20-30-29-19-17-27-25-28(34-35(8-2,9-3)10-4)21-23-33(27,6)31(29)22-24-32(26,30)5/h25-26,28-31H,7-24H2,1-6H3/t26-,28-,29-,30-,31-,32+,33-/m0/s1. The molecule has 4 aliphatic carbocycles. The molecule has 2 heteroatoms. The Bertz CT molecular complexity index is 702. The van der Waals surface area contributed by atoms with Gasteiger partial charge in [0.1, 0.15) is 0 Å². The zero-order chi connectivity index (χ0) is 25.1. The van der Waals surface area contributed by atoms with Gasteiger partial charge in [0, 0.05) is 0 Å². The molecule has 0 aromatic heterocycles. The molecule has 0 amide bonds. The Labute approximate surface area is 220 Å². The van der Waals surface area contributed by atoms with E-state index in [0.29, 0.717) is 16.9 Å². The summed E-state index contributed by atoms with van der Waals surface area (Å²) in [6, 6.07) is 3.84. The van der Waals surface area contributed by atoms with Crippen LogP contribution in [0.2, 0.25) is 18.1 Å².